The van der Waals surface area contributed by atoms with Gasteiger partial charge in [-0.25, -0.2) is 12.8 Å². The molecule has 1 fully saturated rings. The molecule has 0 spiro atoms. The predicted molar refractivity (Wildman–Crippen MR) is 158 cm³/mol. The van der Waals surface area contributed by atoms with Crippen LogP contribution in [0.25, 0.3) is 0 Å². The third-order valence-electron chi connectivity index (χ3n) is 7.37. The van der Waals surface area contributed by atoms with Crippen molar-refractivity contribution in [2.24, 2.45) is 0 Å². The van der Waals surface area contributed by atoms with Crippen molar-refractivity contribution < 1.29 is 22.4 Å². The predicted octanol–water partition coefficient (Wildman–Crippen LogP) is 5.93. The maximum absolute atomic E-state index is 15.0. The Hall–Kier alpha value is -3.43. The summed E-state index contributed by atoms with van der Waals surface area (Å²) >= 11 is 6.44. The van der Waals surface area contributed by atoms with Crippen molar-refractivity contribution in [3.63, 3.8) is 0 Å². The van der Waals surface area contributed by atoms with E-state index in [0.29, 0.717) is 17.0 Å². The number of nitrogens with one attached hydrogen (secondary N) is 1. The van der Waals surface area contributed by atoms with Crippen molar-refractivity contribution in [1.29, 1.82) is 0 Å². The minimum Gasteiger partial charge on any atom is -0.352 e. The monoisotopic (exact) mass is 599 g/mol. The number of anilines is 1. The SMILES string of the molecule is CC[C@H](C(=O)NC1CCCCC1)N(Cc1ccccc1Cl)C(=O)CN(c1ccccc1F)S(=O)(=O)c1ccccc1. The van der Waals surface area contributed by atoms with Crippen LogP contribution >= 0.6 is 11.6 Å². The zero-order chi connectivity index (χ0) is 29.4. The molecule has 1 aliphatic rings. The van der Waals surface area contributed by atoms with Crippen molar-refractivity contribution in [1.82, 2.24) is 10.2 Å². The lowest BCUT2D eigenvalue weighted by Crippen LogP contribution is -2.54. The van der Waals surface area contributed by atoms with Crippen LogP contribution in [0.4, 0.5) is 10.1 Å². The number of rotatable bonds is 11. The zero-order valence-electron chi connectivity index (χ0n) is 23.0. The van der Waals surface area contributed by atoms with E-state index < -0.39 is 34.3 Å². The molecule has 0 unspecified atom stereocenters. The molecule has 218 valence electrons. The van der Waals surface area contributed by atoms with Gasteiger partial charge in [-0.3, -0.25) is 13.9 Å². The summed E-state index contributed by atoms with van der Waals surface area (Å²) in [5.41, 5.74) is 0.344. The summed E-state index contributed by atoms with van der Waals surface area (Å²) < 4.78 is 43.4. The van der Waals surface area contributed by atoms with Gasteiger partial charge >= 0.3 is 0 Å². The molecule has 2 amide bonds. The average Bonchev–Trinajstić information content (AvgIpc) is 2.98. The van der Waals surface area contributed by atoms with Crippen molar-refractivity contribution in [3.8, 4) is 0 Å². The average molecular weight is 600 g/mol. The van der Waals surface area contributed by atoms with Crippen LogP contribution in [-0.4, -0.2) is 43.8 Å². The van der Waals surface area contributed by atoms with E-state index in [1.165, 1.54) is 35.2 Å². The van der Waals surface area contributed by atoms with Gasteiger partial charge in [0.25, 0.3) is 10.0 Å². The van der Waals surface area contributed by atoms with Crippen LogP contribution in [0.2, 0.25) is 5.02 Å². The van der Waals surface area contributed by atoms with Gasteiger partial charge in [-0.05, 0) is 55.2 Å². The highest BCUT2D eigenvalue weighted by Crippen LogP contribution is 2.28. The van der Waals surface area contributed by atoms with E-state index in [2.05, 4.69) is 5.32 Å². The number of benzene rings is 3. The lowest BCUT2D eigenvalue weighted by Gasteiger charge is -2.34. The summed E-state index contributed by atoms with van der Waals surface area (Å²) in [4.78, 5) is 28.9. The topological polar surface area (TPSA) is 86.8 Å². The van der Waals surface area contributed by atoms with Crippen LogP contribution in [0.15, 0.2) is 83.8 Å². The number of hydrogen-bond donors (Lipinski definition) is 1. The number of carbonyl (C=O) groups excluding carboxylic acids is 2. The molecule has 3 aromatic rings. The van der Waals surface area contributed by atoms with Gasteiger partial charge in [0, 0.05) is 17.6 Å². The molecule has 0 aliphatic heterocycles. The maximum Gasteiger partial charge on any atom is 0.264 e. The molecule has 3 aromatic carbocycles. The highest BCUT2D eigenvalue weighted by atomic mass is 35.5. The van der Waals surface area contributed by atoms with Gasteiger partial charge in [0.2, 0.25) is 11.8 Å². The standard InChI is InChI=1S/C31H35ClFN3O4S/c1-2-28(31(38)34-24-14-5-3-6-15-24)35(21-23-13-9-10-18-26(23)32)30(37)22-36(29-20-12-11-19-27(29)33)41(39,40)25-16-7-4-8-17-25/h4,7-13,16-20,24,28H,2-3,5-6,14-15,21-22H2,1H3,(H,34,38)/t28-/m1/s1. The Morgan fingerprint density at radius 2 is 1.59 bits per heavy atom. The molecular formula is C31H35ClFN3O4S. The van der Waals surface area contributed by atoms with Crippen molar-refractivity contribution in [3.05, 3.63) is 95.3 Å². The van der Waals surface area contributed by atoms with Gasteiger partial charge < -0.3 is 10.2 Å². The Kier molecular flexibility index (Phi) is 10.4. The molecule has 41 heavy (non-hydrogen) atoms. The third kappa shape index (κ3) is 7.45. The summed E-state index contributed by atoms with van der Waals surface area (Å²) in [6.45, 7) is 1.06. The smallest absolute Gasteiger partial charge is 0.264 e. The Morgan fingerprint density at radius 1 is 0.951 bits per heavy atom. The minimum absolute atomic E-state index is 0.0222. The molecule has 4 rings (SSSR count). The molecular weight excluding hydrogens is 565 g/mol. The van der Waals surface area contributed by atoms with E-state index in [-0.39, 0.29) is 29.1 Å². The number of hydrogen-bond acceptors (Lipinski definition) is 4. The lowest BCUT2D eigenvalue weighted by molar-refractivity contribution is -0.140. The van der Waals surface area contributed by atoms with Crippen LogP contribution in [-0.2, 0) is 26.2 Å². The fraction of sp³-hybridized carbons (Fsp3) is 0.355. The number of carbonyl (C=O) groups is 2. The first-order chi connectivity index (χ1) is 19.7. The first-order valence-corrected chi connectivity index (χ1v) is 15.7. The molecule has 0 bridgehead atoms. The van der Waals surface area contributed by atoms with E-state index in [0.717, 1.165) is 42.5 Å². The summed E-state index contributed by atoms with van der Waals surface area (Å²) in [6.07, 6.45) is 5.22. The first-order valence-electron chi connectivity index (χ1n) is 13.9. The van der Waals surface area contributed by atoms with E-state index in [1.807, 2.05) is 0 Å². The summed E-state index contributed by atoms with van der Waals surface area (Å²) in [5, 5.41) is 3.51. The number of nitrogens with zero attached hydrogens (tertiary/aromatic N) is 2. The Labute approximate surface area is 246 Å². The van der Waals surface area contributed by atoms with Gasteiger partial charge in [0.1, 0.15) is 18.4 Å². The molecule has 10 heteroatoms. The number of halogens is 2. The van der Waals surface area contributed by atoms with E-state index >= 15 is 4.39 Å². The molecule has 1 aliphatic carbocycles. The largest absolute Gasteiger partial charge is 0.352 e. The normalized spacial score (nSPS) is 14.7. The van der Waals surface area contributed by atoms with Crippen molar-refractivity contribution in [2.75, 3.05) is 10.8 Å². The molecule has 0 saturated heterocycles. The Bertz CT molecular complexity index is 1450. The highest BCUT2D eigenvalue weighted by Gasteiger charge is 2.35. The van der Waals surface area contributed by atoms with Gasteiger partial charge in [0.05, 0.1) is 10.6 Å². The zero-order valence-corrected chi connectivity index (χ0v) is 24.6. The lowest BCUT2D eigenvalue weighted by atomic mass is 9.95. The quantitative estimate of drug-likeness (QED) is 0.296. The molecule has 1 saturated carbocycles. The summed E-state index contributed by atoms with van der Waals surface area (Å²) in [7, 11) is -4.34. The van der Waals surface area contributed by atoms with Crippen LogP contribution in [0.1, 0.15) is 51.0 Å². The highest BCUT2D eigenvalue weighted by molar-refractivity contribution is 7.92. The van der Waals surface area contributed by atoms with Gasteiger partial charge in [-0.2, -0.15) is 0 Å². The van der Waals surface area contributed by atoms with E-state index in [9.17, 15) is 18.0 Å². The Morgan fingerprint density at radius 3 is 2.24 bits per heavy atom. The fourth-order valence-corrected chi connectivity index (χ4v) is 6.80. The number of amides is 2. The van der Waals surface area contributed by atoms with Crippen molar-refractivity contribution >= 4 is 39.1 Å². The minimum atomic E-state index is -4.34. The fourth-order valence-electron chi connectivity index (χ4n) is 5.16. The van der Waals surface area contributed by atoms with E-state index in [4.69, 9.17) is 11.6 Å². The van der Waals surface area contributed by atoms with Gasteiger partial charge in [-0.1, -0.05) is 86.3 Å². The van der Waals surface area contributed by atoms with E-state index in [1.54, 1.807) is 49.4 Å². The molecule has 0 heterocycles. The van der Waals surface area contributed by atoms with Gasteiger partial charge in [0.15, 0.2) is 0 Å². The van der Waals surface area contributed by atoms with Crippen molar-refractivity contribution in [2.45, 2.75) is 69.0 Å². The molecule has 0 radical (unpaired) electrons. The van der Waals surface area contributed by atoms with Crippen LogP contribution in [0, 0.1) is 5.82 Å². The third-order valence-corrected chi connectivity index (χ3v) is 9.51. The van der Waals surface area contributed by atoms with Crippen LogP contribution in [0.3, 0.4) is 0 Å². The second-order valence-electron chi connectivity index (χ2n) is 10.2. The molecule has 0 aromatic heterocycles. The summed E-state index contributed by atoms with van der Waals surface area (Å²) in [5.74, 6) is -1.75. The molecule has 7 nitrogen and oxygen atoms in total. The van der Waals surface area contributed by atoms with Crippen LogP contribution in [0.5, 0.6) is 0 Å². The number of sulfonamides is 1. The Balaban J connectivity index is 1.71. The number of para-hydroxylation sites is 1. The molecule has 1 N–H and O–H groups in total. The maximum atomic E-state index is 15.0. The molecule has 1 atom stereocenters. The first kappa shape index (κ1) is 30.5. The van der Waals surface area contributed by atoms with Crippen LogP contribution < -0.4 is 9.62 Å². The second kappa shape index (κ2) is 14.0. The second-order valence-corrected chi connectivity index (χ2v) is 12.4. The van der Waals surface area contributed by atoms with Gasteiger partial charge in [-0.15, -0.1) is 0 Å². The summed E-state index contributed by atoms with van der Waals surface area (Å²) in [6, 6.07) is 19.1.